The standard InChI is InChI=1S/C12H8F3N5/c13-12(14,15)9-3-8(2-1-7(9)5-16)20-11-4-10(17)18-6-19-11/h1-4,6H,(H3,17,18,19,20). The lowest BCUT2D eigenvalue weighted by Gasteiger charge is -2.11. The van der Waals surface area contributed by atoms with E-state index < -0.39 is 17.3 Å². The molecule has 2 rings (SSSR count). The molecule has 20 heavy (non-hydrogen) atoms. The van der Waals surface area contributed by atoms with Crippen molar-refractivity contribution >= 4 is 17.3 Å². The molecule has 1 aromatic carbocycles. The van der Waals surface area contributed by atoms with Crippen LogP contribution in [0.1, 0.15) is 11.1 Å². The van der Waals surface area contributed by atoms with Crippen molar-refractivity contribution < 1.29 is 13.2 Å². The van der Waals surface area contributed by atoms with Gasteiger partial charge in [0.25, 0.3) is 0 Å². The molecule has 8 heteroatoms. The monoisotopic (exact) mass is 279 g/mol. The molecule has 5 nitrogen and oxygen atoms in total. The zero-order chi connectivity index (χ0) is 14.8. The molecule has 2 aromatic rings. The predicted octanol–water partition coefficient (Wildman–Crippen LogP) is 2.69. The van der Waals surface area contributed by atoms with Crippen molar-refractivity contribution in [3.8, 4) is 6.07 Å². The summed E-state index contributed by atoms with van der Waals surface area (Å²) in [5, 5.41) is 11.4. The minimum atomic E-state index is -4.60. The Bertz CT molecular complexity index is 676. The van der Waals surface area contributed by atoms with Crippen molar-refractivity contribution in [2.45, 2.75) is 6.18 Å². The number of hydrogen-bond donors (Lipinski definition) is 2. The van der Waals surface area contributed by atoms with Gasteiger partial charge >= 0.3 is 6.18 Å². The molecule has 102 valence electrons. The van der Waals surface area contributed by atoms with Crippen LogP contribution in [0.4, 0.5) is 30.5 Å². The first-order valence-electron chi connectivity index (χ1n) is 5.36. The Morgan fingerprint density at radius 2 is 1.95 bits per heavy atom. The van der Waals surface area contributed by atoms with Crippen LogP contribution in [0.5, 0.6) is 0 Å². The van der Waals surface area contributed by atoms with E-state index in [1.807, 2.05) is 0 Å². The summed E-state index contributed by atoms with van der Waals surface area (Å²) in [5.74, 6) is 0.447. The Morgan fingerprint density at radius 1 is 1.20 bits per heavy atom. The number of aromatic nitrogens is 2. The highest BCUT2D eigenvalue weighted by molar-refractivity contribution is 5.61. The maximum atomic E-state index is 12.8. The third-order valence-corrected chi connectivity index (χ3v) is 2.41. The summed E-state index contributed by atoms with van der Waals surface area (Å²) in [4.78, 5) is 7.49. The molecule has 0 bridgehead atoms. The minimum absolute atomic E-state index is 0.148. The van der Waals surface area contributed by atoms with Gasteiger partial charge in [-0.1, -0.05) is 0 Å². The summed E-state index contributed by atoms with van der Waals surface area (Å²) in [5.41, 5.74) is 4.14. The normalized spacial score (nSPS) is 10.9. The van der Waals surface area contributed by atoms with Crippen LogP contribution < -0.4 is 11.1 Å². The highest BCUT2D eigenvalue weighted by Gasteiger charge is 2.33. The molecule has 0 aliphatic carbocycles. The number of nitrogens with one attached hydrogen (secondary N) is 1. The second-order valence-corrected chi connectivity index (χ2v) is 3.82. The first-order chi connectivity index (χ1) is 9.40. The van der Waals surface area contributed by atoms with Crippen LogP contribution >= 0.6 is 0 Å². The van der Waals surface area contributed by atoms with Gasteiger partial charge in [-0.05, 0) is 18.2 Å². The Kier molecular flexibility index (Phi) is 3.43. The average molecular weight is 279 g/mol. The van der Waals surface area contributed by atoms with E-state index in [2.05, 4.69) is 15.3 Å². The van der Waals surface area contributed by atoms with E-state index in [0.29, 0.717) is 0 Å². The van der Waals surface area contributed by atoms with Gasteiger partial charge in [-0.3, -0.25) is 0 Å². The molecule has 1 heterocycles. The molecule has 1 aromatic heterocycles. The second-order valence-electron chi connectivity index (χ2n) is 3.82. The first-order valence-corrected chi connectivity index (χ1v) is 5.36. The smallest absolute Gasteiger partial charge is 0.384 e. The molecule has 0 radical (unpaired) electrons. The van der Waals surface area contributed by atoms with Gasteiger partial charge < -0.3 is 11.1 Å². The Balaban J connectivity index is 2.37. The highest BCUT2D eigenvalue weighted by atomic mass is 19.4. The van der Waals surface area contributed by atoms with Crippen molar-refractivity contribution in [1.82, 2.24) is 9.97 Å². The number of nitrogen functional groups attached to an aromatic ring is 1. The van der Waals surface area contributed by atoms with Gasteiger partial charge in [0.1, 0.15) is 18.0 Å². The van der Waals surface area contributed by atoms with Crippen LogP contribution in [-0.2, 0) is 6.18 Å². The lowest BCUT2D eigenvalue weighted by molar-refractivity contribution is -0.137. The number of nitriles is 1. The van der Waals surface area contributed by atoms with E-state index in [4.69, 9.17) is 11.0 Å². The van der Waals surface area contributed by atoms with Crippen LogP contribution in [0.3, 0.4) is 0 Å². The Morgan fingerprint density at radius 3 is 2.55 bits per heavy atom. The summed E-state index contributed by atoms with van der Waals surface area (Å²) in [6.07, 6.45) is -3.42. The number of halogens is 3. The molecule has 0 amide bonds. The van der Waals surface area contributed by atoms with E-state index in [1.165, 1.54) is 24.5 Å². The summed E-state index contributed by atoms with van der Waals surface area (Å²) < 4.78 is 38.4. The van der Waals surface area contributed by atoms with Crippen molar-refractivity contribution in [3.05, 3.63) is 41.7 Å². The molecular formula is C12H8F3N5. The number of alkyl halides is 3. The van der Waals surface area contributed by atoms with E-state index in [1.54, 1.807) is 0 Å². The fourth-order valence-corrected chi connectivity index (χ4v) is 1.54. The van der Waals surface area contributed by atoms with E-state index in [-0.39, 0.29) is 17.3 Å². The number of nitrogens with zero attached hydrogens (tertiary/aromatic N) is 3. The van der Waals surface area contributed by atoms with Crippen molar-refractivity contribution in [1.29, 1.82) is 5.26 Å². The maximum Gasteiger partial charge on any atom is 0.417 e. The molecule has 0 saturated heterocycles. The largest absolute Gasteiger partial charge is 0.417 e. The third kappa shape index (κ3) is 2.95. The van der Waals surface area contributed by atoms with Crippen molar-refractivity contribution in [2.75, 3.05) is 11.1 Å². The van der Waals surface area contributed by atoms with Gasteiger partial charge in [0.2, 0.25) is 0 Å². The predicted molar refractivity (Wildman–Crippen MR) is 65.9 cm³/mol. The van der Waals surface area contributed by atoms with Gasteiger partial charge in [-0.2, -0.15) is 18.4 Å². The average Bonchev–Trinajstić information content (AvgIpc) is 2.37. The van der Waals surface area contributed by atoms with E-state index >= 15 is 0 Å². The van der Waals surface area contributed by atoms with Crippen molar-refractivity contribution in [3.63, 3.8) is 0 Å². The Labute approximate surface area is 111 Å². The molecule has 0 aliphatic rings. The molecule has 0 aliphatic heterocycles. The number of rotatable bonds is 2. The molecule has 0 spiro atoms. The third-order valence-electron chi connectivity index (χ3n) is 2.41. The van der Waals surface area contributed by atoms with Gasteiger partial charge in [0.05, 0.1) is 17.2 Å². The fourth-order valence-electron chi connectivity index (χ4n) is 1.54. The molecule has 0 saturated carbocycles. The quantitative estimate of drug-likeness (QED) is 0.882. The molecule has 0 unspecified atom stereocenters. The Hall–Kier alpha value is -2.82. The van der Waals surface area contributed by atoms with Crippen LogP contribution in [0, 0.1) is 11.3 Å². The summed E-state index contributed by atoms with van der Waals surface area (Å²) in [7, 11) is 0. The molecule has 3 N–H and O–H groups in total. The topological polar surface area (TPSA) is 87.6 Å². The number of nitrogens with two attached hydrogens (primary N) is 1. The van der Waals surface area contributed by atoms with Gasteiger partial charge in [0, 0.05) is 11.8 Å². The lowest BCUT2D eigenvalue weighted by Crippen LogP contribution is -2.08. The van der Waals surface area contributed by atoms with Crippen molar-refractivity contribution in [2.24, 2.45) is 0 Å². The zero-order valence-electron chi connectivity index (χ0n) is 9.94. The molecular weight excluding hydrogens is 271 g/mol. The summed E-state index contributed by atoms with van der Waals surface area (Å²) >= 11 is 0. The molecule has 0 atom stereocenters. The van der Waals surface area contributed by atoms with E-state index in [0.717, 1.165) is 12.1 Å². The molecule has 0 fully saturated rings. The van der Waals surface area contributed by atoms with E-state index in [9.17, 15) is 13.2 Å². The number of anilines is 3. The van der Waals surface area contributed by atoms with Gasteiger partial charge in [-0.25, -0.2) is 9.97 Å². The fraction of sp³-hybridized carbons (Fsp3) is 0.0833. The summed E-state index contributed by atoms with van der Waals surface area (Å²) in [6.45, 7) is 0. The van der Waals surface area contributed by atoms with Gasteiger partial charge in [-0.15, -0.1) is 0 Å². The highest BCUT2D eigenvalue weighted by Crippen LogP contribution is 2.34. The SMILES string of the molecule is N#Cc1ccc(Nc2cc(N)ncn2)cc1C(F)(F)F. The second kappa shape index (κ2) is 5.05. The van der Waals surface area contributed by atoms with Gasteiger partial charge in [0.15, 0.2) is 0 Å². The number of hydrogen-bond acceptors (Lipinski definition) is 5. The van der Waals surface area contributed by atoms with Crippen LogP contribution in [0.2, 0.25) is 0 Å². The zero-order valence-corrected chi connectivity index (χ0v) is 9.94. The first kappa shape index (κ1) is 13.6. The van der Waals surface area contributed by atoms with Crippen LogP contribution in [0.15, 0.2) is 30.6 Å². The maximum absolute atomic E-state index is 12.8. The lowest BCUT2D eigenvalue weighted by atomic mass is 10.1. The minimum Gasteiger partial charge on any atom is -0.384 e. The van der Waals surface area contributed by atoms with Crippen LogP contribution in [-0.4, -0.2) is 9.97 Å². The summed E-state index contributed by atoms with van der Waals surface area (Å²) in [6, 6.07) is 6.18. The van der Waals surface area contributed by atoms with Crippen LogP contribution in [0.25, 0.3) is 0 Å². The number of benzene rings is 1.